The van der Waals surface area contributed by atoms with Crippen molar-refractivity contribution in [2.24, 2.45) is 0 Å². The van der Waals surface area contributed by atoms with Crippen LogP contribution in [0.15, 0.2) is 36.4 Å². The molecule has 0 spiro atoms. The van der Waals surface area contributed by atoms with Gasteiger partial charge in [0.15, 0.2) is 0 Å². The van der Waals surface area contributed by atoms with E-state index in [1.165, 1.54) is 12.1 Å². The lowest BCUT2D eigenvalue weighted by molar-refractivity contribution is 0.102. The Balaban J connectivity index is 2.30. The molecular formula is C16H13FN2O. The van der Waals surface area contributed by atoms with Gasteiger partial charge in [-0.15, -0.1) is 0 Å². The molecule has 0 radical (unpaired) electrons. The maximum absolute atomic E-state index is 13.3. The van der Waals surface area contributed by atoms with E-state index in [-0.39, 0.29) is 5.56 Å². The van der Waals surface area contributed by atoms with Crippen molar-refractivity contribution in [1.82, 2.24) is 0 Å². The first-order valence-corrected chi connectivity index (χ1v) is 6.09. The Bertz CT molecular complexity index is 697. The van der Waals surface area contributed by atoms with E-state index >= 15 is 0 Å². The minimum atomic E-state index is -0.447. The first kappa shape index (κ1) is 13.8. The average Bonchev–Trinajstić information content (AvgIpc) is 2.40. The van der Waals surface area contributed by atoms with E-state index in [4.69, 9.17) is 5.26 Å². The molecule has 0 aliphatic rings. The largest absolute Gasteiger partial charge is 0.322 e. The fourth-order valence-electron chi connectivity index (χ4n) is 1.89. The van der Waals surface area contributed by atoms with Crippen LogP contribution in [-0.2, 0) is 0 Å². The molecule has 0 unspecified atom stereocenters. The monoisotopic (exact) mass is 268 g/mol. The van der Waals surface area contributed by atoms with Crippen molar-refractivity contribution in [2.75, 3.05) is 5.32 Å². The summed E-state index contributed by atoms with van der Waals surface area (Å²) >= 11 is 0. The fourth-order valence-corrected chi connectivity index (χ4v) is 1.89. The highest BCUT2D eigenvalue weighted by molar-refractivity contribution is 6.04. The maximum Gasteiger partial charge on any atom is 0.255 e. The van der Waals surface area contributed by atoms with Crippen LogP contribution in [0.25, 0.3) is 0 Å². The molecule has 0 saturated heterocycles. The van der Waals surface area contributed by atoms with Gasteiger partial charge in [-0.05, 0) is 55.3 Å². The summed E-state index contributed by atoms with van der Waals surface area (Å²) in [6.07, 6.45) is 0. The molecule has 0 aliphatic carbocycles. The summed E-state index contributed by atoms with van der Waals surface area (Å²) in [5.74, 6) is -0.844. The zero-order chi connectivity index (χ0) is 14.7. The Kier molecular flexibility index (Phi) is 3.81. The van der Waals surface area contributed by atoms with Gasteiger partial charge in [0.25, 0.3) is 5.91 Å². The number of hydrogen-bond donors (Lipinski definition) is 1. The first-order chi connectivity index (χ1) is 9.49. The van der Waals surface area contributed by atoms with Crippen molar-refractivity contribution in [1.29, 1.82) is 5.26 Å². The van der Waals surface area contributed by atoms with Crippen LogP contribution in [0.4, 0.5) is 10.1 Å². The number of benzene rings is 2. The minimum Gasteiger partial charge on any atom is -0.322 e. The maximum atomic E-state index is 13.3. The number of halogens is 1. The van der Waals surface area contributed by atoms with Crippen molar-refractivity contribution < 1.29 is 9.18 Å². The van der Waals surface area contributed by atoms with Gasteiger partial charge in [0.1, 0.15) is 5.82 Å². The molecule has 1 N–H and O–H groups in total. The van der Waals surface area contributed by atoms with Crippen LogP contribution < -0.4 is 5.32 Å². The van der Waals surface area contributed by atoms with Crippen molar-refractivity contribution in [3.05, 3.63) is 64.5 Å². The number of nitrogens with zero attached hydrogens (tertiary/aromatic N) is 1. The fraction of sp³-hybridized carbons (Fsp3) is 0.125. The molecule has 0 atom stereocenters. The third kappa shape index (κ3) is 3.01. The predicted molar refractivity (Wildman–Crippen MR) is 75.0 cm³/mol. The molecule has 0 fully saturated rings. The molecule has 20 heavy (non-hydrogen) atoms. The van der Waals surface area contributed by atoms with E-state index in [0.29, 0.717) is 16.8 Å². The normalized spacial score (nSPS) is 9.90. The van der Waals surface area contributed by atoms with Gasteiger partial charge in [-0.25, -0.2) is 4.39 Å². The highest BCUT2D eigenvalue weighted by atomic mass is 19.1. The molecular weight excluding hydrogens is 255 g/mol. The molecule has 2 aromatic carbocycles. The Morgan fingerprint density at radius 3 is 2.60 bits per heavy atom. The smallest absolute Gasteiger partial charge is 0.255 e. The summed E-state index contributed by atoms with van der Waals surface area (Å²) in [5, 5.41) is 11.6. The van der Waals surface area contributed by atoms with Crippen LogP contribution in [0.3, 0.4) is 0 Å². The second kappa shape index (κ2) is 5.54. The third-order valence-electron chi connectivity index (χ3n) is 2.92. The zero-order valence-corrected chi connectivity index (χ0v) is 11.2. The minimum absolute atomic E-state index is 0.254. The van der Waals surface area contributed by atoms with Crippen LogP contribution in [0.2, 0.25) is 0 Å². The molecule has 0 aromatic heterocycles. The summed E-state index contributed by atoms with van der Waals surface area (Å²) in [6.45, 7) is 3.55. The second-order valence-corrected chi connectivity index (χ2v) is 4.61. The lowest BCUT2D eigenvalue weighted by Gasteiger charge is -2.09. The van der Waals surface area contributed by atoms with Gasteiger partial charge >= 0.3 is 0 Å². The predicted octanol–water partition coefficient (Wildman–Crippen LogP) is 3.57. The molecule has 0 aliphatic heterocycles. The van der Waals surface area contributed by atoms with Crippen LogP contribution in [-0.4, -0.2) is 5.91 Å². The van der Waals surface area contributed by atoms with Crippen LogP contribution in [0.1, 0.15) is 27.0 Å². The lowest BCUT2D eigenvalue weighted by Crippen LogP contribution is -2.13. The van der Waals surface area contributed by atoms with Gasteiger partial charge in [0.2, 0.25) is 0 Å². The first-order valence-electron chi connectivity index (χ1n) is 6.09. The van der Waals surface area contributed by atoms with Crippen LogP contribution >= 0.6 is 0 Å². The van der Waals surface area contributed by atoms with E-state index in [1.807, 2.05) is 13.0 Å². The Labute approximate surface area is 116 Å². The summed E-state index contributed by atoms with van der Waals surface area (Å²) in [6, 6.07) is 11.2. The average molecular weight is 268 g/mol. The van der Waals surface area contributed by atoms with E-state index in [1.54, 1.807) is 31.2 Å². The van der Waals surface area contributed by atoms with Crippen molar-refractivity contribution in [3.63, 3.8) is 0 Å². The molecule has 2 aromatic rings. The van der Waals surface area contributed by atoms with Crippen molar-refractivity contribution >= 4 is 11.6 Å². The number of carbonyl (C=O) groups is 1. The quantitative estimate of drug-likeness (QED) is 0.905. The Morgan fingerprint density at radius 1 is 1.20 bits per heavy atom. The van der Waals surface area contributed by atoms with Crippen molar-refractivity contribution in [2.45, 2.75) is 13.8 Å². The van der Waals surface area contributed by atoms with E-state index in [0.717, 1.165) is 5.56 Å². The topological polar surface area (TPSA) is 52.9 Å². The summed E-state index contributed by atoms with van der Waals surface area (Å²) < 4.78 is 13.3. The highest BCUT2D eigenvalue weighted by Gasteiger charge is 2.10. The molecule has 0 heterocycles. The number of nitrogens with one attached hydrogen (secondary N) is 1. The van der Waals surface area contributed by atoms with Crippen molar-refractivity contribution in [3.8, 4) is 6.07 Å². The molecule has 2 rings (SSSR count). The number of carbonyl (C=O) groups excluding carboxylic acids is 1. The number of hydrogen-bond acceptors (Lipinski definition) is 2. The number of aryl methyl sites for hydroxylation is 2. The summed E-state index contributed by atoms with van der Waals surface area (Å²) in [4.78, 5) is 12.1. The number of anilines is 1. The highest BCUT2D eigenvalue weighted by Crippen LogP contribution is 2.18. The second-order valence-electron chi connectivity index (χ2n) is 4.61. The SMILES string of the molecule is Cc1cc(F)cc(C(=O)Nc2cc(C#N)ccc2C)c1. The number of amides is 1. The van der Waals surface area contributed by atoms with Gasteiger partial charge in [-0.2, -0.15) is 5.26 Å². The Morgan fingerprint density at radius 2 is 1.95 bits per heavy atom. The zero-order valence-electron chi connectivity index (χ0n) is 11.2. The van der Waals surface area contributed by atoms with Crippen LogP contribution in [0, 0.1) is 31.0 Å². The summed E-state index contributed by atoms with van der Waals surface area (Å²) in [7, 11) is 0. The van der Waals surface area contributed by atoms with Gasteiger partial charge in [-0.3, -0.25) is 4.79 Å². The standard InChI is InChI=1S/C16H13FN2O/c1-10-5-13(8-14(17)6-10)16(20)19-15-7-12(9-18)4-3-11(15)2/h3-8H,1-2H3,(H,19,20). The van der Waals surface area contributed by atoms with Gasteiger partial charge in [0.05, 0.1) is 11.6 Å². The van der Waals surface area contributed by atoms with Crippen LogP contribution in [0.5, 0.6) is 0 Å². The third-order valence-corrected chi connectivity index (χ3v) is 2.92. The Hall–Kier alpha value is -2.67. The summed E-state index contributed by atoms with van der Waals surface area (Å²) in [5.41, 5.74) is 2.78. The number of rotatable bonds is 2. The molecule has 100 valence electrons. The lowest BCUT2D eigenvalue weighted by atomic mass is 10.1. The molecule has 3 nitrogen and oxygen atoms in total. The molecule has 0 bridgehead atoms. The van der Waals surface area contributed by atoms with Gasteiger partial charge < -0.3 is 5.32 Å². The van der Waals surface area contributed by atoms with E-state index < -0.39 is 11.7 Å². The van der Waals surface area contributed by atoms with E-state index in [9.17, 15) is 9.18 Å². The number of nitriles is 1. The molecule has 0 saturated carbocycles. The molecule has 1 amide bonds. The molecule has 4 heteroatoms. The van der Waals surface area contributed by atoms with Gasteiger partial charge in [0, 0.05) is 11.3 Å². The van der Waals surface area contributed by atoms with Gasteiger partial charge in [-0.1, -0.05) is 6.07 Å². The van der Waals surface area contributed by atoms with E-state index in [2.05, 4.69) is 5.32 Å².